The summed E-state index contributed by atoms with van der Waals surface area (Å²) in [5.74, 6) is 0.710. The quantitative estimate of drug-likeness (QED) is 0.920. The van der Waals surface area contributed by atoms with Crippen LogP contribution in [0.2, 0.25) is 5.02 Å². The van der Waals surface area contributed by atoms with Crippen LogP contribution in [0.1, 0.15) is 24.2 Å². The molecule has 94 valence electrons. The Morgan fingerprint density at radius 2 is 2.22 bits per heavy atom. The predicted molar refractivity (Wildman–Crippen MR) is 70.7 cm³/mol. The molecule has 4 heteroatoms. The van der Waals surface area contributed by atoms with Crippen LogP contribution < -0.4 is 4.74 Å². The van der Waals surface area contributed by atoms with Crippen LogP contribution in [-0.2, 0) is 6.61 Å². The van der Waals surface area contributed by atoms with E-state index in [1.165, 1.54) is 0 Å². The van der Waals surface area contributed by atoms with Gasteiger partial charge in [0.1, 0.15) is 12.4 Å². The zero-order chi connectivity index (χ0) is 13.0. The summed E-state index contributed by atoms with van der Waals surface area (Å²) < 4.78 is 5.64. The molecule has 0 bridgehead atoms. The lowest BCUT2D eigenvalue weighted by atomic mass is 10.1. The van der Waals surface area contributed by atoms with Crippen molar-refractivity contribution < 1.29 is 9.84 Å². The Labute approximate surface area is 111 Å². The van der Waals surface area contributed by atoms with Crippen molar-refractivity contribution in [3.63, 3.8) is 0 Å². The van der Waals surface area contributed by atoms with Crippen LogP contribution in [0.3, 0.4) is 0 Å². The average molecular weight is 264 g/mol. The molecular formula is C14H14ClNO2. The summed E-state index contributed by atoms with van der Waals surface area (Å²) in [6.45, 7) is 2.10. The molecule has 2 rings (SSSR count). The number of benzene rings is 1. The summed E-state index contributed by atoms with van der Waals surface area (Å²) in [7, 11) is 0. The topological polar surface area (TPSA) is 42.4 Å². The van der Waals surface area contributed by atoms with E-state index in [4.69, 9.17) is 16.3 Å². The molecule has 0 saturated carbocycles. The van der Waals surface area contributed by atoms with Crippen LogP contribution in [0.5, 0.6) is 5.75 Å². The van der Waals surface area contributed by atoms with Crippen molar-refractivity contribution in [2.45, 2.75) is 19.6 Å². The van der Waals surface area contributed by atoms with Crippen LogP contribution in [0, 0.1) is 0 Å². The summed E-state index contributed by atoms with van der Waals surface area (Å²) in [6.07, 6.45) is 2.77. The molecule has 18 heavy (non-hydrogen) atoms. The number of hydrogen-bond acceptors (Lipinski definition) is 3. The maximum Gasteiger partial charge on any atom is 0.120 e. The first-order valence-corrected chi connectivity index (χ1v) is 6.04. The van der Waals surface area contributed by atoms with E-state index < -0.39 is 6.10 Å². The zero-order valence-corrected chi connectivity index (χ0v) is 10.8. The first kappa shape index (κ1) is 12.9. The molecule has 0 fully saturated rings. The number of rotatable bonds is 4. The van der Waals surface area contributed by atoms with E-state index in [1.54, 1.807) is 19.3 Å². The first-order valence-electron chi connectivity index (χ1n) is 5.66. The maximum atomic E-state index is 9.49. The van der Waals surface area contributed by atoms with Crippen LogP contribution in [-0.4, -0.2) is 10.1 Å². The first-order chi connectivity index (χ1) is 8.66. The van der Waals surface area contributed by atoms with Crippen molar-refractivity contribution >= 4 is 11.6 Å². The fraction of sp³-hybridized carbons (Fsp3) is 0.214. The van der Waals surface area contributed by atoms with Crippen molar-refractivity contribution in [3.05, 3.63) is 58.9 Å². The van der Waals surface area contributed by atoms with E-state index >= 15 is 0 Å². The second-order valence-corrected chi connectivity index (χ2v) is 4.41. The summed E-state index contributed by atoms with van der Waals surface area (Å²) in [6, 6.07) is 9.20. The summed E-state index contributed by atoms with van der Waals surface area (Å²) in [4.78, 5) is 3.92. The van der Waals surface area contributed by atoms with Crippen LogP contribution in [0.4, 0.5) is 0 Å². The third-order valence-corrected chi connectivity index (χ3v) is 2.93. The van der Waals surface area contributed by atoms with Gasteiger partial charge >= 0.3 is 0 Å². The number of halogens is 1. The Morgan fingerprint density at radius 3 is 2.94 bits per heavy atom. The minimum Gasteiger partial charge on any atom is -0.489 e. The SMILES string of the molecule is C[C@@H](O)c1cccc(OCc2ccncc2Cl)c1. The summed E-state index contributed by atoms with van der Waals surface area (Å²) in [5.41, 5.74) is 1.71. The van der Waals surface area contributed by atoms with Crippen molar-refractivity contribution in [2.75, 3.05) is 0 Å². The maximum absolute atomic E-state index is 9.49. The van der Waals surface area contributed by atoms with E-state index in [0.717, 1.165) is 11.1 Å². The molecule has 0 spiro atoms. The monoisotopic (exact) mass is 263 g/mol. The lowest BCUT2D eigenvalue weighted by molar-refractivity contribution is 0.198. The van der Waals surface area contributed by atoms with E-state index in [-0.39, 0.29) is 0 Å². The van der Waals surface area contributed by atoms with E-state index in [0.29, 0.717) is 17.4 Å². The highest BCUT2D eigenvalue weighted by Crippen LogP contribution is 2.21. The van der Waals surface area contributed by atoms with Gasteiger partial charge in [0.2, 0.25) is 0 Å². The molecule has 3 nitrogen and oxygen atoms in total. The van der Waals surface area contributed by atoms with Gasteiger partial charge in [-0.2, -0.15) is 0 Å². The van der Waals surface area contributed by atoms with Crippen molar-refractivity contribution in [3.8, 4) is 5.75 Å². The molecule has 2 aromatic rings. The molecule has 1 N–H and O–H groups in total. The number of hydrogen-bond donors (Lipinski definition) is 1. The van der Waals surface area contributed by atoms with Crippen LogP contribution >= 0.6 is 11.6 Å². The third-order valence-electron chi connectivity index (χ3n) is 2.59. The van der Waals surface area contributed by atoms with Crippen molar-refractivity contribution in [1.82, 2.24) is 4.98 Å². The highest BCUT2D eigenvalue weighted by Gasteiger charge is 2.04. The largest absolute Gasteiger partial charge is 0.489 e. The number of aliphatic hydroxyl groups excluding tert-OH is 1. The molecule has 1 atom stereocenters. The molecule has 0 unspecified atom stereocenters. The molecule has 1 heterocycles. The van der Waals surface area contributed by atoms with Gasteiger partial charge < -0.3 is 9.84 Å². The predicted octanol–water partition coefficient (Wildman–Crippen LogP) is 3.37. The highest BCUT2D eigenvalue weighted by molar-refractivity contribution is 6.31. The minimum atomic E-state index is -0.502. The second-order valence-electron chi connectivity index (χ2n) is 4.00. The van der Waals surface area contributed by atoms with E-state index in [2.05, 4.69) is 4.98 Å². The molecule has 1 aromatic heterocycles. The lowest BCUT2D eigenvalue weighted by Crippen LogP contribution is -1.98. The molecule has 0 radical (unpaired) electrons. The van der Waals surface area contributed by atoms with Gasteiger partial charge in [-0.15, -0.1) is 0 Å². The number of nitrogens with zero attached hydrogens (tertiary/aromatic N) is 1. The molecule has 0 aliphatic rings. The van der Waals surface area contributed by atoms with Gasteiger partial charge in [-0.25, -0.2) is 0 Å². The Kier molecular flexibility index (Phi) is 4.18. The lowest BCUT2D eigenvalue weighted by Gasteiger charge is -2.10. The average Bonchev–Trinajstić information content (AvgIpc) is 2.38. The van der Waals surface area contributed by atoms with E-state index in [1.807, 2.05) is 30.3 Å². The van der Waals surface area contributed by atoms with Crippen molar-refractivity contribution in [2.24, 2.45) is 0 Å². The molecule has 1 aromatic carbocycles. The Morgan fingerprint density at radius 1 is 1.39 bits per heavy atom. The van der Waals surface area contributed by atoms with Crippen LogP contribution in [0.15, 0.2) is 42.7 Å². The van der Waals surface area contributed by atoms with Gasteiger partial charge in [-0.3, -0.25) is 4.98 Å². The number of aliphatic hydroxyl groups is 1. The smallest absolute Gasteiger partial charge is 0.120 e. The van der Waals surface area contributed by atoms with Gasteiger partial charge in [0.15, 0.2) is 0 Å². The summed E-state index contributed by atoms with van der Waals surface area (Å²) in [5, 5.41) is 10.1. The molecule has 0 aliphatic heterocycles. The Hall–Kier alpha value is -1.58. The Bertz CT molecular complexity index is 529. The number of ether oxygens (including phenoxy) is 1. The van der Waals surface area contributed by atoms with Gasteiger partial charge in [0.05, 0.1) is 11.1 Å². The van der Waals surface area contributed by atoms with Gasteiger partial charge in [-0.1, -0.05) is 23.7 Å². The highest BCUT2D eigenvalue weighted by atomic mass is 35.5. The minimum absolute atomic E-state index is 0.380. The van der Waals surface area contributed by atoms with Crippen LogP contribution in [0.25, 0.3) is 0 Å². The van der Waals surface area contributed by atoms with E-state index in [9.17, 15) is 5.11 Å². The zero-order valence-electron chi connectivity index (χ0n) is 10.0. The van der Waals surface area contributed by atoms with Gasteiger partial charge in [0.25, 0.3) is 0 Å². The standard InChI is InChI=1S/C14H14ClNO2/c1-10(17)11-3-2-4-13(7-11)18-9-12-5-6-16-8-14(12)15/h2-8,10,17H,9H2,1H3/t10-/m1/s1. The molecular weight excluding hydrogens is 250 g/mol. The fourth-order valence-corrected chi connectivity index (χ4v) is 1.72. The molecule has 0 saturated heterocycles. The van der Waals surface area contributed by atoms with Gasteiger partial charge in [-0.05, 0) is 30.7 Å². The Balaban J connectivity index is 2.07. The number of aromatic nitrogens is 1. The van der Waals surface area contributed by atoms with Crippen molar-refractivity contribution in [1.29, 1.82) is 0 Å². The molecule has 0 amide bonds. The normalized spacial score (nSPS) is 12.2. The number of pyridine rings is 1. The molecule has 0 aliphatic carbocycles. The third kappa shape index (κ3) is 3.22. The fourth-order valence-electron chi connectivity index (χ4n) is 1.55. The summed E-state index contributed by atoms with van der Waals surface area (Å²) >= 11 is 5.99. The van der Waals surface area contributed by atoms with Gasteiger partial charge in [0, 0.05) is 18.0 Å². The second kappa shape index (κ2) is 5.85.